The molecule has 0 radical (unpaired) electrons. The number of fused-ring (bicyclic) bond motifs is 1. The topological polar surface area (TPSA) is 54.7 Å². The molecule has 0 saturated heterocycles. The van der Waals surface area contributed by atoms with Crippen molar-refractivity contribution >= 4 is 40.1 Å². The van der Waals surface area contributed by atoms with Crippen LogP contribution >= 0.6 is 23.4 Å². The Morgan fingerprint density at radius 1 is 1.17 bits per heavy atom. The number of hydrogen-bond donors (Lipinski definition) is 2. The molecule has 0 bridgehead atoms. The number of aromatic amines is 1. The Hall–Kier alpha value is -1.65. The van der Waals surface area contributed by atoms with Crippen LogP contribution < -0.4 is 5.73 Å². The lowest BCUT2D eigenvalue weighted by molar-refractivity contribution is 1.08. The number of nitrogens with zero attached hydrogens (tertiary/aromatic N) is 1. The van der Waals surface area contributed by atoms with Gasteiger partial charge in [0.05, 0.1) is 16.1 Å². The van der Waals surface area contributed by atoms with Crippen LogP contribution in [0.15, 0.2) is 52.5 Å². The molecule has 0 amide bonds. The van der Waals surface area contributed by atoms with Crippen molar-refractivity contribution < 1.29 is 0 Å². The molecule has 5 heteroatoms. The van der Waals surface area contributed by atoms with E-state index in [0.717, 1.165) is 21.1 Å². The van der Waals surface area contributed by atoms with Gasteiger partial charge in [-0.05, 0) is 30.3 Å². The summed E-state index contributed by atoms with van der Waals surface area (Å²) in [5.41, 5.74) is 8.30. The van der Waals surface area contributed by atoms with Crippen LogP contribution in [0.5, 0.6) is 0 Å². The van der Waals surface area contributed by atoms with E-state index in [2.05, 4.69) is 9.97 Å². The summed E-state index contributed by atoms with van der Waals surface area (Å²) in [6.07, 6.45) is 0. The highest BCUT2D eigenvalue weighted by Gasteiger charge is 2.07. The van der Waals surface area contributed by atoms with Crippen molar-refractivity contribution in [3.05, 3.63) is 47.5 Å². The molecule has 2 aromatic carbocycles. The van der Waals surface area contributed by atoms with Crippen LogP contribution in [0.25, 0.3) is 11.0 Å². The minimum absolute atomic E-state index is 0.639. The number of para-hydroxylation sites is 2. The van der Waals surface area contributed by atoms with Gasteiger partial charge in [-0.15, -0.1) is 0 Å². The molecule has 0 saturated carbocycles. The Morgan fingerprint density at radius 2 is 2.00 bits per heavy atom. The number of aromatic nitrogens is 2. The monoisotopic (exact) mass is 275 g/mol. The molecule has 3 nitrogen and oxygen atoms in total. The number of anilines is 1. The number of benzene rings is 2. The Labute approximate surface area is 113 Å². The third-order valence-corrected chi connectivity index (χ3v) is 3.92. The summed E-state index contributed by atoms with van der Waals surface area (Å²) < 4.78 is 0. The van der Waals surface area contributed by atoms with E-state index in [1.807, 2.05) is 36.4 Å². The Morgan fingerprint density at radius 3 is 2.78 bits per heavy atom. The average Bonchev–Trinajstić information content (AvgIpc) is 2.75. The van der Waals surface area contributed by atoms with E-state index >= 15 is 0 Å². The standard InChI is InChI=1S/C13H10ClN3S/c14-9-7-8(15)5-6-12(9)18-13-16-10-3-1-2-4-11(10)17-13/h1-7H,15H2,(H,16,17). The zero-order valence-corrected chi connectivity index (χ0v) is 10.9. The fourth-order valence-corrected chi connectivity index (χ4v) is 2.79. The van der Waals surface area contributed by atoms with E-state index in [1.54, 1.807) is 6.07 Å². The first kappa shape index (κ1) is 11.4. The van der Waals surface area contributed by atoms with Gasteiger partial charge in [-0.3, -0.25) is 0 Å². The second-order valence-electron chi connectivity index (χ2n) is 3.85. The highest BCUT2D eigenvalue weighted by atomic mass is 35.5. The normalized spacial score (nSPS) is 10.9. The highest BCUT2D eigenvalue weighted by Crippen LogP contribution is 2.33. The largest absolute Gasteiger partial charge is 0.399 e. The molecule has 0 aliphatic rings. The minimum atomic E-state index is 0.639. The maximum atomic E-state index is 6.14. The first-order chi connectivity index (χ1) is 8.72. The molecular weight excluding hydrogens is 266 g/mol. The molecule has 3 N–H and O–H groups in total. The SMILES string of the molecule is Nc1ccc(Sc2nc3ccccc3[nH]2)c(Cl)c1. The third kappa shape index (κ3) is 2.17. The minimum Gasteiger partial charge on any atom is -0.399 e. The van der Waals surface area contributed by atoms with Crippen molar-refractivity contribution in [2.24, 2.45) is 0 Å². The van der Waals surface area contributed by atoms with E-state index < -0.39 is 0 Å². The molecule has 0 spiro atoms. The van der Waals surface area contributed by atoms with Gasteiger partial charge in [-0.2, -0.15) is 0 Å². The molecular formula is C13H10ClN3S. The molecule has 90 valence electrons. The summed E-state index contributed by atoms with van der Waals surface area (Å²) in [5, 5.41) is 1.46. The smallest absolute Gasteiger partial charge is 0.171 e. The number of hydrogen-bond acceptors (Lipinski definition) is 3. The number of nitrogens with two attached hydrogens (primary N) is 1. The maximum Gasteiger partial charge on any atom is 0.171 e. The highest BCUT2D eigenvalue weighted by molar-refractivity contribution is 7.99. The van der Waals surface area contributed by atoms with Crippen LogP contribution in [0.1, 0.15) is 0 Å². The lowest BCUT2D eigenvalue weighted by Crippen LogP contribution is -1.85. The molecule has 0 aliphatic heterocycles. The zero-order valence-electron chi connectivity index (χ0n) is 9.35. The summed E-state index contributed by atoms with van der Waals surface area (Å²) in [6, 6.07) is 13.4. The number of halogens is 1. The van der Waals surface area contributed by atoms with Crippen molar-refractivity contribution in [1.29, 1.82) is 0 Å². The predicted molar refractivity (Wildman–Crippen MR) is 76.1 cm³/mol. The van der Waals surface area contributed by atoms with Crippen LogP contribution in [0.4, 0.5) is 5.69 Å². The first-order valence-corrected chi connectivity index (χ1v) is 6.59. The van der Waals surface area contributed by atoms with E-state index in [1.165, 1.54) is 11.8 Å². The third-order valence-electron chi connectivity index (χ3n) is 2.53. The lowest BCUT2D eigenvalue weighted by atomic mass is 10.3. The molecule has 1 aromatic heterocycles. The Kier molecular flexibility index (Phi) is 2.89. The summed E-state index contributed by atoms with van der Waals surface area (Å²) >= 11 is 7.63. The van der Waals surface area contributed by atoms with Gasteiger partial charge in [0, 0.05) is 10.6 Å². The average molecular weight is 276 g/mol. The van der Waals surface area contributed by atoms with Gasteiger partial charge in [0.2, 0.25) is 0 Å². The second kappa shape index (κ2) is 4.55. The fraction of sp³-hybridized carbons (Fsp3) is 0. The van der Waals surface area contributed by atoms with Crippen molar-refractivity contribution in [3.63, 3.8) is 0 Å². The fourth-order valence-electron chi connectivity index (χ4n) is 1.68. The van der Waals surface area contributed by atoms with Gasteiger partial charge in [0.15, 0.2) is 5.16 Å². The van der Waals surface area contributed by atoms with Gasteiger partial charge >= 0.3 is 0 Å². The molecule has 0 atom stereocenters. The van der Waals surface area contributed by atoms with Crippen LogP contribution in [0.2, 0.25) is 5.02 Å². The van der Waals surface area contributed by atoms with Gasteiger partial charge < -0.3 is 10.7 Å². The van der Waals surface area contributed by atoms with E-state index in [0.29, 0.717) is 10.7 Å². The van der Waals surface area contributed by atoms with E-state index in [9.17, 15) is 0 Å². The zero-order chi connectivity index (χ0) is 12.5. The van der Waals surface area contributed by atoms with Gasteiger partial charge in [0.25, 0.3) is 0 Å². The second-order valence-corrected chi connectivity index (χ2v) is 5.29. The van der Waals surface area contributed by atoms with Crippen LogP contribution in [0.3, 0.4) is 0 Å². The molecule has 3 rings (SSSR count). The Balaban J connectivity index is 1.96. The number of H-pyrrole nitrogens is 1. The van der Waals surface area contributed by atoms with E-state index in [-0.39, 0.29) is 0 Å². The lowest BCUT2D eigenvalue weighted by Gasteiger charge is -2.02. The Bertz CT molecular complexity index is 675. The molecule has 1 heterocycles. The molecule has 3 aromatic rings. The first-order valence-electron chi connectivity index (χ1n) is 5.40. The molecule has 0 aliphatic carbocycles. The molecule has 18 heavy (non-hydrogen) atoms. The number of nitrogen functional groups attached to an aromatic ring is 1. The van der Waals surface area contributed by atoms with E-state index in [4.69, 9.17) is 17.3 Å². The van der Waals surface area contributed by atoms with Crippen molar-refractivity contribution in [3.8, 4) is 0 Å². The van der Waals surface area contributed by atoms with Gasteiger partial charge in [0.1, 0.15) is 0 Å². The van der Waals surface area contributed by atoms with Crippen molar-refractivity contribution in [1.82, 2.24) is 9.97 Å². The summed E-state index contributed by atoms with van der Waals surface area (Å²) in [7, 11) is 0. The van der Waals surface area contributed by atoms with Crippen LogP contribution in [-0.2, 0) is 0 Å². The molecule has 0 unspecified atom stereocenters. The molecule has 0 fully saturated rings. The van der Waals surface area contributed by atoms with Gasteiger partial charge in [-0.25, -0.2) is 4.98 Å². The van der Waals surface area contributed by atoms with Crippen LogP contribution in [0, 0.1) is 0 Å². The van der Waals surface area contributed by atoms with Gasteiger partial charge in [-0.1, -0.05) is 35.5 Å². The number of nitrogens with one attached hydrogen (secondary N) is 1. The van der Waals surface area contributed by atoms with Crippen LogP contribution in [-0.4, -0.2) is 9.97 Å². The van der Waals surface area contributed by atoms with Crippen molar-refractivity contribution in [2.45, 2.75) is 10.1 Å². The van der Waals surface area contributed by atoms with Crippen molar-refractivity contribution in [2.75, 3.05) is 5.73 Å². The quantitative estimate of drug-likeness (QED) is 0.696. The summed E-state index contributed by atoms with van der Waals surface area (Å²) in [5.74, 6) is 0. The summed E-state index contributed by atoms with van der Waals surface area (Å²) in [6.45, 7) is 0. The number of imidazole rings is 1. The predicted octanol–water partition coefficient (Wildman–Crippen LogP) is 3.95. The summed E-state index contributed by atoms with van der Waals surface area (Å²) in [4.78, 5) is 8.67. The number of rotatable bonds is 2. The maximum absolute atomic E-state index is 6.14.